The van der Waals surface area contributed by atoms with Gasteiger partial charge >= 0.3 is 0 Å². The maximum absolute atomic E-state index is 10.5. The lowest BCUT2D eigenvalue weighted by Crippen LogP contribution is -2.34. The Labute approximate surface area is 133 Å². The van der Waals surface area contributed by atoms with E-state index in [-0.39, 0.29) is 18.4 Å². The van der Waals surface area contributed by atoms with E-state index >= 15 is 0 Å². The number of halogens is 1. The summed E-state index contributed by atoms with van der Waals surface area (Å²) < 4.78 is 10.5. The van der Waals surface area contributed by atoms with Gasteiger partial charge in [-0.05, 0) is 36.5 Å². The molecule has 2 rings (SSSR count). The monoisotopic (exact) mass is 315 g/mol. The van der Waals surface area contributed by atoms with Crippen molar-refractivity contribution in [1.29, 1.82) is 0 Å². The first kappa shape index (κ1) is 18.1. The molecule has 120 valence electrons. The van der Waals surface area contributed by atoms with Crippen molar-refractivity contribution in [2.75, 3.05) is 14.2 Å². The van der Waals surface area contributed by atoms with Crippen LogP contribution >= 0.6 is 12.4 Å². The molecule has 5 heteroatoms. The van der Waals surface area contributed by atoms with Crippen LogP contribution in [0.4, 0.5) is 0 Å². The summed E-state index contributed by atoms with van der Waals surface area (Å²) in [4.78, 5) is 0. The zero-order chi connectivity index (χ0) is 14.5. The zero-order valence-corrected chi connectivity index (χ0v) is 13.6. The number of hydrogen-bond acceptors (Lipinski definition) is 4. The first-order valence-electron chi connectivity index (χ1n) is 7.33. The van der Waals surface area contributed by atoms with E-state index in [4.69, 9.17) is 15.2 Å². The number of nitrogens with two attached hydrogens (primary N) is 1. The van der Waals surface area contributed by atoms with Gasteiger partial charge in [0.05, 0.1) is 26.4 Å². The van der Waals surface area contributed by atoms with Crippen LogP contribution in [0.3, 0.4) is 0 Å². The number of aliphatic hydroxyl groups is 1. The lowest BCUT2D eigenvalue weighted by Gasteiger charge is -2.30. The summed E-state index contributed by atoms with van der Waals surface area (Å²) >= 11 is 0. The molecular formula is C16H26ClNO3. The van der Waals surface area contributed by atoms with Crippen LogP contribution in [0, 0.1) is 5.92 Å². The summed E-state index contributed by atoms with van der Waals surface area (Å²) in [6, 6.07) is 5.22. The fraction of sp³-hybridized carbons (Fsp3) is 0.625. The van der Waals surface area contributed by atoms with Gasteiger partial charge in [-0.2, -0.15) is 0 Å². The maximum atomic E-state index is 10.5. The summed E-state index contributed by atoms with van der Waals surface area (Å²) in [7, 11) is 3.21. The molecule has 0 aromatic heterocycles. The van der Waals surface area contributed by atoms with Gasteiger partial charge in [0, 0.05) is 0 Å². The molecule has 2 atom stereocenters. The van der Waals surface area contributed by atoms with E-state index < -0.39 is 6.10 Å². The highest BCUT2D eigenvalue weighted by Gasteiger charge is 2.28. The van der Waals surface area contributed by atoms with Gasteiger partial charge in [0.15, 0.2) is 11.5 Å². The number of ether oxygens (including phenoxy) is 2. The van der Waals surface area contributed by atoms with E-state index in [0.29, 0.717) is 17.4 Å². The van der Waals surface area contributed by atoms with Gasteiger partial charge in [0.1, 0.15) is 0 Å². The predicted molar refractivity (Wildman–Crippen MR) is 86.3 cm³/mol. The topological polar surface area (TPSA) is 64.7 Å². The molecule has 1 saturated carbocycles. The lowest BCUT2D eigenvalue weighted by molar-refractivity contribution is 0.0617. The van der Waals surface area contributed by atoms with E-state index in [0.717, 1.165) is 18.4 Å². The Bertz CT molecular complexity index is 436. The molecule has 21 heavy (non-hydrogen) atoms. The van der Waals surface area contributed by atoms with Crippen LogP contribution in [0.2, 0.25) is 0 Å². The van der Waals surface area contributed by atoms with Crippen molar-refractivity contribution in [3.05, 3.63) is 23.8 Å². The molecule has 0 saturated heterocycles. The molecule has 1 aromatic carbocycles. The Morgan fingerprint density at radius 1 is 1.10 bits per heavy atom. The number of aliphatic hydroxyl groups excluding tert-OH is 1. The van der Waals surface area contributed by atoms with Crippen LogP contribution in [0.5, 0.6) is 11.5 Å². The minimum Gasteiger partial charge on any atom is -0.493 e. The Morgan fingerprint density at radius 2 is 1.71 bits per heavy atom. The van der Waals surface area contributed by atoms with Gasteiger partial charge in [-0.1, -0.05) is 25.3 Å². The predicted octanol–water partition coefficient (Wildman–Crippen LogP) is 3.07. The molecule has 1 aromatic rings. The molecule has 0 amide bonds. The summed E-state index contributed by atoms with van der Waals surface area (Å²) in [6.45, 7) is 0. The van der Waals surface area contributed by atoms with Crippen LogP contribution in [0.25, 0.3) is 0 Å². The SMILES string of the molecule is COc1ccc([C@H](N)[C@H](O)C2CCCCC2)cc1OC.Cl. The number of methoxy groups -OCH3 is 2. The Morgan fingerprint density at radius 3 is 2.29 bits per heavy atom. The highest BCUT2D eigenvalue weighted by atomic mass is 35.5. The molecule has 0 bridgehead atoms. The molecular weight excluding hydrogens is 290 g/mol. The van der Waals surface area contributed by atoms with Crippen molar-refractivity contribution in [3.8, 4) is 11.5 Å². The van der Waals surface area contributed by atoms with Gasteiger partial charge in [0.2, 0.25) is 0 Å². The van der Waals surface area contributed by atoms with E-state index in [1.807, 2.05) is 18.2 Å². The van der Waals surface area contributed by atoms with Crippen molar-refractivity contribution in [2.45, 2.75) is 44.2 Å². The molecule has 0 radical (unpaired) electrons. The summed E-state index contributed by atoms with van der Waals surface area (Å²) in [5, 5.41) is 10.5. The van der Waals surface area contributed by atoms with Gasteiger partial charge < -0.3 is 20.3 Å². The number of hydrogen-bond donors (Lipinski definition) is 2. The largest absolute Gasteiger partial charge is 0.493 e. The van der Waals surface area contributed by atoms with Crippen LogP contribution in [0.15, 0.2) is 18.2 Å². The third kappa shape index (κ3) is 4.25. The summed E-state index contributed by atoms with van der Waals surface area (Å²) in [5.41, 5.74) is 7.13. The number of benzene rings is 1. The smallest absolute Gasteiger partial charge is 0.161 e. The van der Waals surface area contributed by atoms with E-state index in [2.05, 4.69) is 0 Å². The maximum Gasteiger partial charge on any atom is 0.161 e. The Balaban J connectivity index is 0.00000220. The number of rotatable bonds is 5. The quantitative estimate of drug-likeness (QED) is 0.876. The van der Waals surface area contributed by atoms with Gasteiger partial charge in [-0.25, -0.2) is 0 Å². The molecule has 1 aliphatic carbocycles. The Hall–Kier alpha value is -0.970. The average Bonchev–Trinajstić information content (AvgIpc) is 2.53. The van der Waals surface area contributed by atoms with Crippen molar-refractivity contribution in [2.24, 2.45) is 11.7 Å². The molecule has 1 aliphatic rings. The molecule has 0 aliphatic heterocycles. The van der Waals surface area contributed by atoms with Crippen molar-refractivity contribution >= 4 is 12.4 Å². The van der Waals surface area contributed by atoms with E-state index in [1.165, 1.54) is 19.3 Å². The normalized spacial score (nSPS) is 18.5. The molecule has 3 N–H and O–H groups in total. The van der Waals surface area contributed by atoms with Crippen molar-refractivity contribution < 1.29 is 14.6 Å². The minimum absolute atomic E-state index is 0. The molecule has 1 fully saturated rings. The average molecular weight is 316 g/mol. The van der Waals surface area contributed by atoms with Gasteiger partial charge in [-0.3, -0.25) is 0 Å². The van der Waals surface area contributed by atoms with Crippen LogP contribution in [-0.2, 0) is 0 Å². The molecule has 0 unspecified atom stereocenters. The minimum atomic E-state index is -0.492. The first-order chi connectivity index (χ1) is 9.67. The third-order valence-electron chi connectivity index (χ3n) is 4.29. The second-order valence-electron chi connectivity index (χ2n) is 5.53. The second-order valence-corrected chi connectivity index (χ2v) is 5.53. The molecule has 0 heterocycles. The standard InChI is InChI=1S/C16H25NO3.ClH/c1-19-13-9-8-12(10-14(13)20-2)15(17)16(18)11-6-4-3-5-7-11;/h8-11,15-16,18H,3-7,17H2,1-2H3;1H/t15-,16+;/m0./s1. The lowest BCUT2D eigenvalue weighted by atomic mass is 9.81. The van der Waals surface area contributed by atoms with Crippen molar-refractivity contribution in [3.63, 3.8) is 0 Å². The van der Waals surface area contributed by atoms with E-state index in [9.17, 15) is 5.11 Å². The fourth-order valence-corrected chi connectivity index (χ4v) is 3.03. The summed E-state index contributed by atoms with van der Waals surface area (Å²) in [5.74, 6) is 1.64. The third-order valence-corrected chi connectivity index (χ3v) is 4.29. The first-order valence-corrected chi connectivity index (χ1v) is 7.33. The Kier molecular flexibility index (Phi) is 7.29. The van der Waals surface area contributed by atoms with Gasteiger partial charge in [-0.15, -0.1) is 12.4 Å². The highest BCUT2D eigenvalue weighted by molar-refractivity contribution is 5.85. The fourth-order valence-electron chi connectivity index (χ4n) is 3.03. The van der Waals surface area contributed by atoms with Gasteiger partial charge in [0.25, 0.3) is 0 Å². The van der Waals surface area contributed by atoms with Crippen molar-refractivity contribution in [1.82, 2.24) is 0 Å². The zero-order valence-electron chi connectivity index (χ0n) is 12.7. The van der Waals surface area contributed by atoms with Crippen LogP contribution in [-0.4, -0.2) is 25.4 Å². The second kappa shape index (κ2) is 8.47. The molecule has 4 nitrogen and oxygen atoms in total. The highest BCUT2D eigenvalue weighted by Crippen LogP contribution is 2.34. The van der Waals surface area contributed by atoms with Crippen LogP contribution in [0.1, 0.15) is 43.7 Å². The van der Waals surface area contributed by atoms with Crippen LogP contribution < -0.4 is 15.2 Å². The van der Waals surface area contributed by atoms with E-state index in [1.54, 1.807) is 14.2 Å². The summed E-state index contributed by atoms with van der Waals surface area (Å²) in [6.07, 6.45) is 5.31. The molecule has 0 spiro atoms.